The van der Waals surface area contributed by atoms with Crippen LogP contribution in [0.4, 0.5) is 4.79 Å². The van der Waals surface area contributed by atoms with Crippen LogP contribution in [0.2, 0.25) is 0 Å². The molecule has 1 atom stereocenters. The van der Waals surface area contributed by atoms with E-state index in [1.54, 1.807) is 17.0 Å². The SMILES string of the molecule is Cc1cc(OCCC2(Cc3ccc(C(C)(C)C)cc3)CNC(=O)N2C)ccc1OC(C)(C)C(=O)O. The normalized spacial score (nSPS) is 18.4. The number of carboxylic acids is 1. The van der Waals surface area contributed by atoms with Crippen molar-refractivity contribution in [2.75, 3.05) is 20.2 Å². The van der Waals surface area contributed by atoms with Crippen molar-refractivity contribution in [3.8, 4) is 11.5 Å². The maximum Gasteiger partial charge on any atom is 0.347 e. The van der Waals surface area contributed by atoms with Crippen LogP contribution in [0.1, 0.15) is 57.7 Å². The molecule has 1 aliphatic heterocycles. The van der Waals surface area contributed by atoms with Gasteiger partial charge in [-0.15, -0.1) is 0 Å². The van der Waals surface area contributed by atoms with Crippen LogP contribution < -0.4 is 14.8 Å². The predicted octanol–water partition coefficient (Wildman–Crippen LogP) is 4.94. The molecule has 1 heterocycles. The number of rotatable bonds is 9. The lowest BCUT2D eigenvalue weighted by atomic mass is 9.84. The minimum atomic E-state index is -1.32. The van der Waals surface area contributed by atoms with E-state index < -0.39 is 11.6 Å². The van der Waals surface area contributed by atoms with Gasteiger partial charge in [0.05, 0.1) is 12.1 Å². The first-order valence-corrected chi connectivity index (χ1v) is 12.0. The Morgan fingerprint density at radius 1 is 1.11 bits per heavy atom. The Morgan fingerprint density at radius 2 is 1.77 bits per heavy atom. The Hall–Kier alpha value is -3.22. The van der Waals surface area contributed by atoms with Crippen LogP contribution in [-0.4, -0.2) is 53.3 Å². The average Bonchev–Trinajstić information content (AvgIpc) is 3.04. The van der Waals surface area contributed by atoms with Crippen molar-refractivity contribution >= 4 is 12.0 Å². The van der Waals surface area contributed by atoms with Crippen molar-refractivity contribution in [3.05, 3.63) is 59.2 Å². The second-order valence-corrected chi connectivity index (χ2v) is 11.0. The number of aryl methyl sites for hydroxylation is 1. The highest BCUT2D eigenvalue weighted by Crippen LogP contribution is 2.31. The number of ether oxygens (including phenoxy) is 2. The maximum atomic E-state index is 12.4. The van der Waals surface area contributed by atoms with E-state index >= 15 is 0 Å². The minimum Gasteiger partial charge on any atom is -0.493 e. The second-order valence-electron chi connectivity index (χ2n) is 11.0. The number of amides is 2. The first-order valence-electron chi connectivity index (χ1n) is 12.0. The zero-order chi connectivity index (χ0) is 26.0. The van der Waals surface area contributed by atoms with Gasteiger partial charge in [-0.2, -0.15) is 0 Å². The van der Waals surface area contributed by atoms with Crippen LogP contribution in [0.5, 0.6) is 11.5 Å². The van der Waals surface area contributed by atoms with E-state index in [0.717, 1.165) is 12.0 Å². The lowest BCUT2D eigenvalue weighted by Crippen LogP contribution is -2.48. The smallest absolute Gasteiger partial charge is 0.347 e. The van der Waals surface area contributed by atoms with Gasteiger partial charge in [0.2, 0.25) is 0 Å². The summed E-state index contributed by atoms with van der Waals surface area (Å²) in [5, 5.41) is 12.3. The number of carbonyl (C=O) groups is 2. The van der Waals surface area contributed by atoms with Gasteiger partial charge in [0.1, 0.15) is 11.5 Å². The van der Waals surface area contributed by atoms with Gasteiger partial charge in [0.15, 0.2) is 5.60 Å². The minimum absolute atomic E-state index is 0.0743. The van der Waals surface area contributed by atoms with Gasteiger partial charge >= 0.3 is 12.0 Å². The Kier molecular flexibility index (Phi) is 7.39. The van der Waals surface area contributed by atoms with Gasteiger partial charge < -0.3 is 24.8 Å². The zero-order valence-electron chi connectivity index (χ0n) is 21.9. The summed E-state index contributed by atoms with van der Waals surface area (Å²) in [4.78, 5) is 25.5. The summed E-state index contributed by atoms with van der Waals surface area (Å²) in [6.07, 6.45) is 1.39. The van der Waals surface area contributed by atoms with Gasteiger partial charge in [-0.3, -0.25) is 0 Å². The van der Waals surface area contributed by atoms with E-state index in [-0.39, 0.29) is 17.0 Å². The molecule has 2 N–H and O–H groups in total. The third-order valence-corrected chi connectivity index (χ3v) is 6.80. The van der Waals surface area contributed by atoms with Gasteiger partial charge in [0, 0.05) is 20.0 Å². The highest BCUT2D eigenvalue weighted by Gasteiger charge is 2.43. The summed E-state index contributed by atoms with van der Waals surface area (Å²) in [7, 11) is 1.84. The summed E-state index contributed by atoms with van der Waals surface area (Å²) in [6, 6.07) is 13.9. The topological polar surface area (TPSA) is 88.1 Å². The van der Waals surface area contributed by atoms with Crippen LogP contribution in [0, 0.1) is 6.92 Å². The van der Waals surface area contributed by atoms with E-state index in [4.69, 9.17) is 9.47 Å². The highest BCUT2D eigenvalue weighted by atomic mass is 16.5. The van der Waals surface area contributed by atoms with E-state index in [1.807, 2.05) is 20.0 Å². The number of likely N-dealkylation sites (N-methyl/N-ethyl adjacent to an activating group) is 1. The van der Waals surface area contributed by atoms with E-state index in [2.05, 4.69) is 50.4 Å². The van der Waals surface area contributed by atoms with Crippen molar-refractivity contribution < 1.29 is 24.2 Å². The van der Waals surface area contributed by atoms with Crippen LogP contribution >= 0.6 is 0 Å². The van der Waals surface area contributed by atoms with Crippen LogP contribution in [0.15, 0.2) is 42.5 Å². The van der Waals surface area contributed by atoms with Crippen LogP contribution in [0.3, 0.4) is 0 Å². The Balaban J connectivity index is 1.69. The average molecular weight is 483 g/mol. The van der Waals surface area contributed by atoms with Crippen molar-refractivity contribution in [3.63, 3.8) is 0 Å². The molecule has 0 radical (unpaired) electrons. The molecule has 1 saturated heterocycles. The molecule has 7 heteroatoms. The number of urea groups is 1. The largest absolute Gasteiger partial charge is 0.493 e. The fourth-order valence-corrected chi connectivity index (χ4v) is 4.22. The van der Waals surface area contributed by atoms with Gasteiger partial charge in [0.25, 0.3) is 0 Å². The van der Waals surface area contributed by atoms with Gasteiger partial charge in [-0.25, -0.2) is 9.59 Å². The highest BCUT2D eigenvalue weighted by molar-refractivity contribution is 5.78. The summed E-state index contributed by atoms with van der Waals surface area (Å²) in [5.41, 5.74) is 1.64. The van der Waals surface area contributed by atoms with E-state index in [9.17, 15) is 14.7 Å². The molecule has 0 bridgehead atoms. The molecule has 2 aromatic rings. The molecule has 190 valence electrons. The van der Waals surface area contributed by atoms with Crippen molar-refractivity contribution in [2.24, 2.45) is 0 Å². The van der Waals surface area contributed by atoms with Crippen LogP contribution in [-0.2, 0) is 16.6 Å². The van der Waals surface area contributed by atoms with E-state index in [1.165, 1.54) is 25.0 Å². The third kappa shape index (κ3) is 6.08. The molecular weight excluding hydrogens is 444 g/mol. The number of benzene rings is 2. The number of carboxylic acid groups (broad SMARTS) is 1. The molecule has 1 fully saturated rings. The quantitative estimate of drug-likeness (QED) is 0.529. The lowest BCUT2D eigenvalue weighted by molar-refractivity contribution is -0.152. The number of aliphatic carboxylic acids is 1. The molecule has 2 amide bonds. The standard InChI is InChI=1S/C28H38N2O5/c1-19-16-22(12-13-23(19)35-27(5,6)24(31)32)34-15-14-28(18-29-25(33)30(28)7)17-20-8-10-21(11-9-20)26(2,3)4/h8-13,16H,14-15,17-18H2,1-7H3,(H,29,33)(H,31,32). The Labute approximate surface area is 208 Å². The summed E-state index contributed by atoms with van der Waals surface area (Å²) in [5.74, 6) is 0.150. The second kappa shape index (κ2) is 9.80. The Bertz CT molecular complexity index is 1070. The van der Waals surface area contributed by atoms with Crippen LogP contribution in [0.25, 0.3) is 0 Å². The van der Waals surface area contributed by atoms with Crippen molar-refractivity contribution in [2.45, 2.75) is 70.9 Å². The molecule has 35 heavy (non-hydrogen) atoms. The number of nitrogens with zero attached hydrogens (tertiary/aromatic N) is 1. The monoisotopic (exact) mass is 482 g/mol. The molecule has 0 aliphatic carbocycles. The fraction of sp³-hybridized carbons (Fsp3) is 0.500. The number of carbonyl (C=O) groups excluding carboxylic acids is 1. The van der Waals surface area contributed by atoms with Gasteiger partial charge in [-0.05, 0) is 67.5 Å². The molecular formula is C28H38N2O5. The maximum absolute atomic E-state index is 12.4. The molecule has 1 aliphatic rings. The molecule has 0 saturated carbocycles. The first-order chi connectivity index (χ1) is 16.2. The zero-order valence-corrected chi connectivity index (χ0v) is 21.9. The number of nitrogens with one attached hydrogen (secondary N) is 1. The van der Waals surface area contributed by atoms with Crippen molar-refractivity contribution in [1.82, 2.24) is 10.2 Å². The lowest BCUT2D eigenvalue weighted by Gasteiger charge is -2.35. The molecule has 3 rings (SSSR count). The van der Waals surface area contributed by atoms with Crippen molar-refractivity contribution in [1.29, 1.82) is 0 Å². The number of hydrogen-bond donors (Lipinski definition) is 2. The molecule has 2 aromatic carbocycles. The summed E-state index contributed by atoms with van der Waals surface area (Å²) < 4.78 is 11.7. The molecule has 0 spiro atoms. The summed E-state index contributed by atoms with van der Waals surface area (Å²) >= 11 is 0. The fourth-order valence-electron chi connectivity index (χ4n) is 4.22. The molecule has 7 nitrogen and oxygen atoms in total. The predicted molar refractivity (Wildman–Crippen MR) is 136 cm³/mol. The summed E-state index contributed by atoms with van der Waals surface area (Å²) in [6.45, 7) is 12.5. The third-order valence-electron chi connectivity index (χ3n) is 6.80. The van der Waals surface area contributed by atoms with Gasteiger partial charge in [-0.1, -0.05) is 45.0 Å². The first kappa shape index (κ1) is 26.4. The number of hydrogen-bond acceptors (Lipinski definition) is 4. The molecule has 0 aromatic heterocycles. The molecule has 1 unspecified atom stereocenters. The van der Waals surface area contributed by atoms with E-state index in [0.29, 0.717) is 31.1 Å². The Morgan fingerprint density at radius 3 is 2.29 bits per heavy atom.